The number of nitrogens with two attached hydrogens (primary N) is 1. The third kappa shape index (κ3) is 2.38. The van der Waals surface area contributed by atoms with Gasteiger partial charge in [-0.2, -0.15) is 0 Å². The van der Waals surface area contributed by atoms with E-state index in [0.717, 1.165) is 6.42 Å². The SMILES string of the molecule is COCc1ccccc1C1CCCc2nc(N)sc21. The summed E-state index contributed by atoms with van der Waals surface area (Å²) in [5, 5.41) is 0.695. The van der Waals surface area contributed by atoms with Gasteiger partial charge in [0.1, 0.15) is 0 Å². The molecule has 3 rings (SSSR count). The molecule has 4 heteroatoms. The fourth-order valence-corrected chi connectivity index (χ4v) is 3.93. The Hall–Kier alpha value is -1.39. The lowest BCUT2D eigenvalue weighted by molar-refractivity contribution is 0.184. The molecule has 0 aliphatic heterocycles. The summed E-state index contributed by atoms with van der Waals surface area (Å²) in [6, 6.07) is 8.54. The first-order valence-electron chi connectivity index (χ1n) is 6.61. The lowest BCUT2D eigenvalue weighted by Crippen LogP contribution is -2.11. The minimum atomic E-state index is 0.435. The van der Waals surface area contributed by atoms with Crippen LogP contribution in [-0.2, 0) is 17.8 Å². The number of methoxy groups -OCH3 is 1. The van der Waals surface area contributed by atoms with E-state index in [9.17, 15) is 0 Å². The lowest BCUT2D eigenvalue weighted by atomic mass is 9.84. The van der Waals surface area contributed by atoms with E-state index in [-0.39, 0.29) is 0 Å². The molecule has 1 unspecified atom stereocenters. The van der Waals surface area contributed by atoms with Crippen LogP contribution < -0.4 is 5.73 Å². The molecule has 0 fully saturated rings. The van der Waals surface area contributed by atoms with Crippen LogP contribution in [-0.4, -0.2) is 12.1 Å². The van der Waals surface area contributed by atoms with Crippen molar-refractivity contribution in [2.75, 3.05) is 12.8 Å². The summed E-state index contributed by atoms with van der Waals surface area (Å²) in [7, 11) is 1.74. The quantitative estimate of drug-likeness (QED) is 0.933. The van der Waals surface area contributed by atoms with Crippen LogP contribution in [0.1, 0.15) is 40.5 Å². The molecule has 19 heavy (non-hydrogen) atoms. The molecule has 0 radical (unpaired) electrons. The maximum absolute atomic E-state index is 5.88. The Kier molecular flexibility index (Phi) is 3.53. The first kappa shape index (κ1) is 12.6. The molecule has 1 atom stereocenters. The van der Waals surface area contributed by atoms with Gasteiger partial charge in [0.15, 0.2) is 5.13 Å². The smallest absolute Gasteiger partial charge is 0.180 e. The van der Waals surface area contributed by atoms with Gasteiger partial charge in [-0.3, -0.25) is 0 Å². The van der Waals surface area contributed by atoms with E-state index in [1.165, 1.54) is 34.5 Å². The standard InChI is InChI=1S/C15H18N2OS/c1-18-9-10-5-2-3-6-11(10)12-7-4-8-13-14(12)19-15(16)17-13/h2-3,5-6,12H,4,7-9H2,1H3,(H2,16,17). The summed E-state index contributed by atoms with van der Waals surface area (Å²) in [4.78, 5) is 5.82. The lowest BCUT2D eigenvalue weighted by Gasteiger charge is -2.23. The van der Waals surface area contributed by atoms with Crippen LogP contribution >= 0.6 is 11.3 Å². The van der Waals surface area contributed by atoms with E-state index in [2.05, 4.69) is 29.2 Å². The highest BCUT2D eigenvalue weighted by molar-refractivity contribution is 7.15. The summed E-state index contributed by atoms with van der Waals surface area (Å²) < 4.78 is 5.32. The summed E-state index contributed by atoms with van der Waals surface area (Å²) in [5.41, 5.74) is 9.72. The van der Waals surface area contributed by atoms with Gasteiger partial charge in [0, 0.05) is 17.9 Å². The number of aromatic nitrogens is 1. The van der Waals surface area contributed by atoms with Crippen molar-refractivity contribution in [3.05, 3.63) is 46.0 Å². The Morgan fingerprint density at radius 2 is 2.26 bits per heavy atom. The van der Waals surface area contributed by atoms with E-state index in [4.69, 9.17) is 10.5 Å². The molecule has 1 aromatic heterocycles. The van der Waals surface area contributed by atoms with Crippen LogP contribution in [0.5, 0.6) is 0 Å². The Labute approximate surface area is 117 Å². The number of hydrogen-bond acceptors (Lipinski definition) is 4. The second kappa shape index (κ2) is 5.31. The zero-order chi connectivity index (χ0) is 13.2. The molecule has 100 valence electrons. The first-order valence-corrected chi connectivity index (χ1v) is 7.43. The number of nitrogen functional groups attached to an aromatic ring is 1. The van der Waals surface area contributed by atoms with Gasteiger partial charge in [-0.25, -0.2) is 4.98 Å². The number of nitrogens with zero attached hydrogens (tertiary/aromatic N) is 1. The van der Waals surface area contributed by atoms with Crippen molar-refractivity contribution >= 4 is 16.5 Å². The molecule has 2 N–H and O–H groups in total. The van der Waals surface area contributed by atoms with Crippen molar-refractivity contribution in [2.24, 2.45) is 0 Å². The summed E-state index contributed by atoms with van der Waals surface area (Å²) >= 11 is 1.65. The number of aryl methyl sites for hydroxylation is 1. The maximum atomic E-state index is 5.88. The van der Waals surface area contributed by atoms with Gasteiger partial charge in [0.05, 0.1) is 12.3 Å². The third-order valence-corrected chi connectivity index (χ3v) is 4.74. The van der Waals surface area contributed by atoms with Crippen LogP contribution in [0, 0.1) is 0 Å². The van der Waals surface area contributed by atoms with Crippen molar-refractivity contribution in [1.82, 2.24) is 4.98 Å². The molecule has 1 aliphatic carbocycles. The average molecular weight is 274 g/mol. The van der Waals surface area contributed by atoms with Gasteiger partial charge in [-0.05, 0) is 30.4 Å². The molecule has 0 saturated carbocycles. The van der Waals surface area contributed by atoms with Crippen LogP contribution in [0.4, 0.5) is 5.13 Å². The van der Waals surface area contributed by atoms with E-state index < -0.39 is 0 Å². The third-order valence-electron chi connectivity index (χ3n) is 3.70. The Morgan fingerprint density at radius 1 is 1.42 bits per heavy atom. The molecule has 0 saturated heterocycles. The van der Waals surface area contributed by atoms with Crippen molar-refractivity contribution in [3.8, 4) is 0 Å². The fraction of sp³-hybridized carbons (Fsp3) is 0.400. The van der Waals surface area contributed by atoms with Crippen molar-refractivity contribution in [1.29, 1.82) is 0 Å². The van der Waals surface area contributed by atoms with Gasteiger partial charge in [-0.1, -0.05) is 24.3 Å². The van der Waals surface area contributed by atoms with Crippen LogP contribution in [0.3, 0.4) is 0 Å². The largest absolute Gasteiger partial charge is 0.380 e. The van der Waals surface area contributed by atoms with E-state index in [1.807, 2.05) is 0 Å². The van der Waals surface area contributed by atoms with E-state index >= 15 is 0 Å². The highest BCUT2D eigenvalue weighted by Crippen LogP contribution is 2.41. The van der Waals surface area contributed by atoms with Crippen LogP contribution in [0.15, 0.2) is 24.3 Å². The first-order chi connectivity index (χ1) is 9.29. The minimum Gasteiger partial charge on any atom is -0.380 e. The predicted molar refractivity (Wildman–Crippen MR) is 78.5 cm³/mol. The number of benzene rings is 1. The van der Waals surface area contributed by atoms with Gasteiger partial charge in [0.2, 0.25) is 0 Å². The van der Waals surface area contributed by atoms with Crippen molar-refractivity contribution in [2.45, 2.75) is 31.8 Å². The number of thiazole rings is 1. The minimum absolute atomic E-state index is 0.435. The summed E-state index contributed by atoms with van der Waals surface area (Å²) in [5.74, 6) is 0.435. The molecule has 0 bridgehead atoms. The number of hydrogen-bond donors (Lipinski definition) is 1. The van der Waals surface area contributed by atoms with Gasteiger partial charge < -0.3 is 10.5 Å². The van der Waals surface area contributed by atoms with Crippen LogP contribution in [0.25, 0.3) is 0 Å². The molecule has 2 aromatic rings. The molecule has 0 spiro atoms. The normalized spacial score (nSPS) is 18.3. The Balaban J connectivity index is 2.03. The van der Waals surface area contributed by atoms with Gasteiger partial charge in [0.25, 0.3) is 0 Å². The van der Waals surface area contributed by atoms with E-state index in [0.29, 0.717) is 17.7 Å². The Morgan fingerprint density at radius 3 is 3.11 bits per heavy atom. The second-order valence-electron chi connectivity index (χ2n) is 4.94. The molecular weight excluding hydrogens is 256 g/mol. The Bertz CT molecular complexity index is 579. The molecule has 3 nitrogen and oxygen atoms in total. The topological polar surface area (TPSA) is 48.1 Å². The van der Waals surface area contributed by atoms with E-state index in [1.54, 1.807) is 18.4 Å². The number of rotatable bonds is 3. The highest BCUT2D eigenvalue weighted by atomic mass is 32.1. The summed E-state index contributed by atoms with van der Waals surface area (Å²) in [6.07, 6.45) is 3.42. The monoisotopic (exact) mass is 274 g/mol. The summed E-state index contributed by atoms with van der Waals surface area (Å²) in [6.45, 7) is 0.663. The van der Waals surface area contributed by atoms with Crippen molar-refractivity contribution < 1.29 is 4.74 Å². The van der Waals surface area contributed by atoms with Gasteiger partial charge in [-0.15, -0.1) is 11.3 Å². The molecule has 1 heterocycles. The molecule has 0 amide bonds. The number of fused-ring (bicyclic) bond motifs is 1. The average Bonchev–Trinajstić information content (AvgIpc) is 2.80. The highest BCUT2D eigenvalue weighted by Gasteiger charge is 2.26. The molecule has 1 aliphatic rings. The molecular formula is C15H18N2OS. The number of anilines is 1. The van der Waals surface area contributed by atoms with Crippen LogP contribution in [0.2, 0.25) is 0 Å². The zero-order valence-corrected chi connectivity index (χ0v) is 11.9. The second-order valence-corrected chi connectivity index (χ2v) is 6.00. The van der Waals surface area contributed by atoms with Crippen molar-refractivity contribution in [3.63, 3.8) is 0 Å². The zero-order valence-electron chi connectivity index (χ0n) is 11.1. The predicted octanol–water partition coefficient (Wildman–Crippen LogP) is 3.34. The number of ether oxygens (including phenoxy) is 1. The maximum Gasteiger partial charge on any atom is 0.180 e. The van der Waals surface area contributed by atoms with Gasteiger partial charge >= 0.3 is 0 Å². The molecule has 1 aromatic carbocycles. The fourth-order valence-electron chi connectivity index (χ4n) is 2.90.